The van der Waals surface area contributed by atoms with E-state index in [2.05, 4.69) is 13.8 Å². The van der Waals surface area contributed by atoms with E-state index in [1.807, 2.05) is 0 Å². The Kier molecular flexibility index (Phi) is 3.92. The number of nitrogens with two attached hydrogens (primary N) is 1. The van der Waals surface area contributed by atoms with Crippen LogP contribution in [0.3, 0.4) is 0 Å². The van der Waals surface area contributed by atoms with Crippen molar-refractivity contribution in [2.45, 2.75) is 58.8 Å². The number of hydrogen-bond donors (Lipinski definition) is 1. The summed E-state index contributed by atoms with van der Waals surface area (Å²) in [6, 6.07) is 0. The zero-order valence-electron chi connectivity index (χ0n) is 11.4. The Morgan fingerprint density at radius 2 is 1.94 bits per heavy atom. The van der Waals surface area contributed by atoms with E-state index in [1.54, 1.807) is 0 Å². The molecule has 2 heteroatoms. The van der Waals surface area contributed by atoms with E-state index in [1.165, 1.54) is 25.7 Å². The predicted octanol–water partition coefficient (Wildman–Crippen LogP) is 3.15. The zero-order valence-corrected chi connectivity index (χ0v) is 11.4. The first kappa shape index (κ1) is 13.1. The molecule has 0 aromatic carbocycles. The first-order valence-corrected chi connectivity index (χ1v) is 7.29. The van der Waals surface area contributed by atoms with Crippen LogP contribution in [-0.2, 0) is 4.79 Å². The number of hydrogen-bond acceptors (Lipinski definition) is 2. The topological polar surface area (TPSA) is 43.1 Å². The summed E-state index contributed by atoms with van der Waals surface area (Å²) in [5.74, 6) is 2.36. The SMILES string of the molecule is CC1CCC(C(=O)CC2(CN)CCC2)CC1C. The maximum absolute atomic E-state index is 12.4. The minimum absolute atomic E-state index is 0.198. The molecule has 3 atom stereocenters. The molecule has 17 heavy (non-hydrogen) atoms. The van der Waals surface area contributed by atoms with Crippen LogP contribution in [0, 0.1) is 23.2 Å². The molecule has 2 aliphatic rings. The minimum atomic E-state index is 0.198. The van der Waals surface area contributed by atoms with Gasteiger partial charge in [-0.3, -0.25) is 4.79 Å². The summed E-state index contributed by atoms with van der Waals surface area (Å²) < 4.78 is 0. The van der Waals surface area contributed by atoms with Crippen molar-refractivity contribution >= 4 is 5.78 Å². The van der Waals surface area contributed by atoms with Gasteiger partial charge in [0, 0.05) is 12.3 Å². The fourth-order valence-corrected chi connectivity index (χ4v) is 3.48. The van der Waals surface area contributed by atoms with Gasteiger partial charge in [0.25, 0.3) is 0 Å². The number of carbonyl (C=O) groups excluding carboxylic acids is 1. The summed E-state index contributed by atoms with van der Waals surface area (Å²) in [5.41, 5.74) is 6.04. The van der Waals surface area contributed by atoms with E-state index < -0.39 is 0 Å². The molecule has 0 aromatic heterocycles. The molecule has 0 aromatic rings. The molecule has 0 radical (unpaired) electrons. The van der Waals surface area contributed by atoms with Gasteiger partial charge in [0.1, 0.15) is 5.78 Å². The van der Waals surface area contributed by atoms with Gasteiger partial charge in [-0.15, -0.1) is 0 Å². The maximum atomic E-state index is 12.4. The Balaban J connectivity index is 1.88. The highest BCUT2D eigenvalue weighted by atomic mass is 16.1. The number of carbonyl (C=O) groups is 1. The quantitative estimate of drug-likeness (QED) is 0.816. The van der Waals surface area contributed by atoms with E-state index in [4.69, 9.17) is 5.73 Å². The lowest BCUT2D eigenvalue weighted by atomic mass is 9.63. The molecule has 2 aliphatic carbocycles. The van der Waals surface area contributed by atoms with Crippen molar-refractivity contribution in [3.63, 3.8) is 0 Å². The molecule has 98 valence electrons. The van der Waals surface area contributed by atoms with E-state index in [0.29, 0.717) is 24.2 Å². The smallest absolute Gasteiger partial charge is 0.136 e. The van der Waals surface area contributed by atoms with Crippen LogP contribution < -0.4 is 5.73 Å². The second-order valence-electron chi connectivity index (χ2n) is 6.67. The van der Waals surface area contributed by atoms with Crippen molar-refractivity contribution in [1.29, 1.82) is 0 Å². The fraction of sp³-hybridized carbons (Fsp3) is 0.933. The second kappa shape index (κ2) is 5.09. The Morgan fingerprint density at radius 3 is 2.41 bits per heavy atom. The molecule has 0 saturated heterocycles. The molecule has 0 spiro atoms. The monoisotopic (exact) mass is 237 g/mol. The van der Waals surface area contributed by atoms with Crippen molar-refractivity contribution in [3.8, 4) is 0 Å². The molecule has 0 aliphatic heterocycles. The van der Waals surface area contributed by atoms with E-state index >= 15 is 0 Å². The van der Waals surface area contributed by atoms with Crippen molar-refractivity contribution in [3.05, 3.63) is 0 Å². The predicted molar refractivity (Wildman–Crippen MR) is 70.6 cm³/mol. The van der Waals surface area contributed by atoms with Crippen LogP contribution in [0.25, 0.3) is 0 Å². The minimum Gasteiger partial charge on any atom is -0.330 e. The second-order valence-corrected chi connectivity index (χ2v) is 6.67. The van der Waals surface area contributed by atoms with E-state index in [9.17, 15) is 4.79 Å². The molecular weight excluding hydrogens is 210 g/mol. The molecule has 2 fully saturated rings. The molecule has 2 saturated carbocycles. The van der Waals surface area contributed by atoms with Crippen LogP contribution >= 0.6 is 0 Å². The largest absolute Gasteiger partial charge is 0.330 e. The summed E-state index contributed by atoms with van der Waals surface area (Å²) in [6.45, 7) is 5.32. The lowest BCUT2D eigenvalue weighted by Crippen LogP contribution is -2.41. The Labute approximate surface area is 105 Å². The molecule has 0 bridgehead atoms. The third kappa shape index (κ3) is 2.73. The first-order valence-electron chi connectivity index (χ1n) is 7.29. The van der Waals surface area contributed by atoms with Gasteiger partial charge in [-0.1, -0.05) is 20.3 Å². The van der Waals surface area contributed by atoms with Crippen molar-refractivity contribution < 1.29 is 4.79 Å². The molecule has 2 rings (SSSR count). The van der Waals surface area contributed by atoms with Crippen molar-refractivity contribution in [2.24, 2.45) is 28.9 Å². The zero-order chi connectivity index (χ0) is 12.5. The van der Waals surface area contributed by atoms with E-state index in [-0.39, 0.29) is 5.41 Å². The van der Waals surface area contributed by atoms with Gasteiger partial charge in [0.15, 0.2) is 0 Å². The number of ketones is 1. The van der Waals surface area contributed by atoms with Crippen LogP contribution in [0.15, 0.2) is 0 Å². The molecular formula is C15H27NO. The Morgan fingerprint density at radius 1 is 1.24 bits per heavy atom. The lowest BCUT2D eigenvalue weighted by Gasteiger charge is -2.42. The van der Waals surface area contributed by atoms with Crippen LogP contribution in [0.1, 0.15) is 58.8 Å². The van der Waals surface area contributed by atoms with Gasteiger partial charge in [-0.05, 0) is 55.9 Å². The van der Waals surface area contributed by atoms with Crippen molar-refractivity contribution in [1.82, 2.24) is 0 Å². The summed E-state index contributed by atoms with van der Waals surface area (Å²) >= 11 is 0. The molecule has 2 N–H and O–H groups in total. The van der Waals surface area contributed by atoms with Crippen molar-refractivity contribution in [2.75, 3.05) is 6.54 Å². The third-order valence-corrected chi connectivity index (χ3v) is 5.45. The highest BCUT2D eigenvalue weighted by Gasteiger charge is 2.39. The van der Waals surface area contributed by atoms with E-state index in [0.717, 1.165) is 25.2 Å². The van der Waals surface area contributed by atoms with Gasteiger partial charge in [0.2, 0.25) is 0 Å². The Hall–Kier alpha value is -0.370. The van der Waals surface area contributed by atoms with Gasteiger partial charge in [-0.25, -0.2) is 0 Å². The van der Waals surface area contributed by atoms with Gasteiger partial charge in [0.05, 0.1) is 0 Å². The van der Waals surface area contributed by atoms with Crippen LogP contribution in [-0.4, -0.2) is 12.3 Å². The molecule has 0 heterocycles. The fourth-order valence-electron chi connectivity index (χ4n) is 3.48. The summed E-state index contributed by atoms with van der Waals surface area (Å²) in [6.07, 6.45) is 7.83. The van der Waals surface area contributed by atoms with Gasteiger partial charge in [-0.2, -0.15) is 0 Å². The van der Waals surface area contributed by atoms with Crippen LogP contribution in [0.5, 0.6) is 0 Å². The number of Topliss-reactive ketones (excluding diaryl/α,β-unsaturated/α-hetero) is 1. The molecule has 0 amide bonds. The average molecular weight is 237 g/mol. The summed E-state index contributed by atoms with van der Waals surface area (Å²) in [7, 11) is 0. The first-order chi connectivity index (χ1) is 8.06. The molecule has 2 nitrogen and oxygen atoms in total. The van der Waals surface area contributed by atoms with Gasteiger partial charge < -0.3 is 5.73 Å². The van der Waals surface area contributed by atoms with Crippen LogP contribution in [0.4, 0.5) is 0 Å². The van der Waals surface area contributed by atoms with Crippen LogP contribution in [0.2, 0.25) is 0 Å². The standard InChI is InChI=1S/C15H27NO/c1-11-4-5-13(8-12(11)2)14(17)9-15(10-16)6-3-7-15/h11-13H,3-10,16H2,1-2H3. The summed E-state index contributed by atoms with van der Waals surface area (Å²) in [5, 5.41) is 0. The number of rotatable bonds is 4. The normalized spacial score (nSPS) is 36.3. The summed E-state index contributed by atoms with van der Waals surface area (Å²) in [4.78, 5) is 12.4. The highest BCUT2D eigenvalue weighted by molar-refractivity contribution is 5.82. The maximum Gasteiger partial charge on any atom is 0.136 e. The van der Waals surface area contributed by atoms with Gasteiger partial charge >= 0.3 is 0 Å². The molecule has 3 unspecified atom stereocenters. The lowest BCUT2D eigenvalue weighted by molar-refractivity contribution is -0.128. The highest BCUT2D eigenvalue weighted by Crippen LogP contribution is 2.45. The third-order valence-electron chi connectivity index (χ3n) is 5.45. The Bertz CT molecular complexity index is 277. The average Bonchev–Trinajstić information content (AvgIpc) is 2.27.